The molecule has 2 unspecified atom stereocenters. The van der Waals surface area contributed by atoms with Crippen LogP contribution in [0.15, 0.2) is 54.1 Å². The minimum atomic E-state index is -0.421. The van der Waals surface area contributed by atoms with Crippen molar-refractivity contribution in [2.75, 3.05) is 0 Å². The van der Waals surface area contributed by atoms with Gasteiger partial charge in [0.25, 0.3) is 0 Å². The highest BCUT2D eigenvalue weighted by atomic mass is 16.6. The van der Waals surface area contributed by atoms with E-state index in [1.54, 1.807) is 12.1 Å². The van der Waals surface area contributed by atoms with Crippen LogP contribution in [0.3, 0.4) is 0 Å². The highest BCUT2D eigenvalue weighted by Gasteiger charge is 2.50. The van der Waals surface area contributed by atoms with Crippen LogP contribution in [0.25, 0.3) is 16.5 Å². The molecule has 57 heavy (non-hydrogen) atoms. The minimum Gasteiger partial charge on any atom is -0.489 e. The van der Waals surface area contributed by atoms with Crippen molar-refractivity contribution in [3.05, 3.63) is 70.8 Å². The zero-order valence-corrected chi connectivity index (χ0v) is 34.9. The van der Waals surface area contributed by atoms with Crippen LogP contribution >= 0.6 is 0 Å². The average molecular weight is 785 g/mol. The SMILES string of the molecule is CC1OC2=C(C(=O)C(=O)c3ccccc32)C1(C)C.CCCC(=O)OC(=O)CCC.CCCC(=O)Oc1c2c(c3ccccc3c1OC(=O)CCC)OC(C)C2(C)C. The number of carbonyl (C=O) groups is 6. The van der Waals surface area contributed by atoms with E-state index < -0.39 is 34.3 Å². The molecule has 2 atom stereocenters. The zero-order valence-electron chi connectivity index (χ0n) is 34.9. The maximum absolute atomic E-state index is 12.4. The molecule has 0 radical (unpaired) electrons. The van der Waals surface area contributed by atoms with Gasteiger partial charge >= 0.3 is 23.9 Å². The fourth-order valence-electron chi connectivity index (χ4n) is 6.75. The molecule has 3 aliphatic rings. The van der Waals surface area contributed by atoms with Gasteiger partial charge < -0.3 is 23.7 Å². The summed E-state index contributed by atoms with van der Waals surface area (Å²) in [4.78, 5) is 70.5. The van der Waals surface area contributed by atoms with Gasteiger partial charge in [0, 0.05) is 58.4 Å². The van der Waals surface area contributed by atoms with E-state index in [-0.39, 0.29) is 24.1 Å². The number of hydrogen-bond acceptors (Lipinski definition) is 11. The summed E-state index contributed by atoms with van der Waals surface area (Å²) in [7, 11) is 0. The van der Waals surface area contributed by atoms with E-state index in [0.717, 1.165) is 29.4 Å². The molecule has 0 fully saturated rings. The predicted molar refractivity (Wildman–Crippen MR) is 216 cm³/mol. The largest absolute Gasteiger partial charge is 0.489 e. The molecular formula is C46H56O11. The van der Waals surface area contributed by atoms with E-state index in [1.165, 1.54) is 0 Å². The topological polar surface area (TPSA) is 149 Å². The van der Waals surface area contributed by atoms with Gasteiger partial charge in [-0.15, -0.1) is 0 Å². The molecule has 0 amide bonds. The minimum absolute atomic E-state index is 0.106. The van der Waals surface area contributed by atoms with Crippen molar-refractivity contribution in [3.8, 4) is 17.2 Å². The number of rotatable bonds is 10. The van der Waals surface area contributed by atoms with Gasteiger partial charge in [-0.2, -0.15) is 0 Å². The second kappa shape index (κ2) is 18.7. The van der Waals surface area contributed by atoms with Crippen molar-refractivity contribution in [3.63, 3.8) is 0 Å². The number of carbonyl (C=O) groups excluding carboxylic acids is 6. The number of ketones is 2. The number of hydrogen-bond donors (Lipinski definition) is 0. The lowest BCUT2D eigenvalue weighted by Gasteiger charge is -2.25. The van der Waals surface area contributed by atoms with E-state index in [9.17, 15) is 28.8 Å². The van der Waals surface area contributed by atoms with Crippen LogP contribution in [0.4, 0.5) is 0 Å². The lowest BCUT2D eigenvalue weighted by atomic mass is 9.74. The van der Waals surface area contributed by atoms with Crippen molar-refractivity contribution in [1.29, 1.82) is 0 Å². The van der Waals surface area contributed by atoms with Crippen LogP contribution < -0.4 is 14.2 Å². The van der Waals surface area contributed by atoms with Gasteiger partial charge in [-0.1, -0.05) is 104 Å². The Morgan fingerprint density at radius 1 is 0.579 bits per heavy atom. The molecule has 0 aromatic heterocycles. The van der Waals surface area contributed by atoms with Crippen molar-refractivity contribution in [1.82, 2.24) is 0 Å². The van der Waals surface area contributed by atoms with E-state index in [4.69, 9.17) is 18.9 Å². The first-order valence-corrected chi connectivity index (χ1v) is 20.0. The fourth-order valence-corrected chi connectivity index (χ4v) is 6.75. The number of fused-ring (bicyclic) bond motifs is 5. The van der Waals surface area contributed by atoms with Crippen molar-refractivity contribution < 1.29 is 52.5 Å². The molecule has 306 valence electrons. The van der Waals surface area contributed by atoms with E-state index >= 15 is 0 Å². The Kier molecular flexibility index (Phi) is 14.6. The molecule has 0 saturated carbocycles. The van der Waals surface area contributed by atoms with E-state index in [1.807, 2.05) is 106 Å². The van der Waals surface area contributed by atoms with Crippen LogP contribution in [-0.4, -0.2) is 47.7 Å². The first-order valence-electron chi connectivity index (χ1n) is 20.0. The molecule has 0 N–H and O–H groups in total. The molecule has 0 bridgehead atoms. The predicted octanol–water partition coefficient (Wildman–Crippen LogP) is 9.57. The summed E-state index contributed by atoms with van der Waals surface area (Å²) in [6, 6.07) is 14.7. The molecule has 6 rings (SSSR count). The Bertz CT molecular complexity index is 2050. The lowest BCUT2D eigenvalue weighted by molar-refractivity contribution is -0.159. The van der Waals surface area contributed by atoms with Gasteiger partial charge in [-0.05, 0) is 39.5 Å². The Labute approximate surface area is 335 Å². The first-order chi connectivity index (χ1) is 27.0. The zero-order chi connectivity index (χ0) is 42.2. The molecule has 1 aliphatic carbocycles. The number of Topliss-reactive ketones (excluding diaryl/α,β-unsaturated/α-hetero) is 2. The van der Waals surface area contributed by atoms with Crippen LogP contribution in [0.2, 0.25) is 0 Å². The Balaban J connectivity index is 0.000000212. The molecule has 11 nitrogen and oxygen atoms in total. The summed E-state index contributed by atoms with van der Waals surface area (Å²) in [5, 5.41) is 1.56. The maximum atomic E-state index is 12.4. The smallest absolute Gasteiger partial charge is 0.313 e. The van der Waals surface area contributed by atoms with E-state index in [2.05, 4.69) is 4.74 Å². The average Bonchev–Trinajstić information content (AvgIpc) is 3.55. The molecule has 3 aromatic carbocycles. The molecule has 0 spiro atoms. The highest BCUT2D eigenvalue weighted by molar-refractivity contribution is 6.52. The van der Waals surface area contributed by atoms with Crippen LogP contribution in [0, 0.1) is 5.41 Å². The fraction of sp³-hybridized carbons (Fsp3) is 0.478. The molecule has 2 aliphatic heterocycles. The van der Waals surface area contributed by atoms with Crippen molar-refractivity contribution in [2.45, 2.75) is 138 Å². The van der Waals surface area contributed by atoms with Gasteiger partial charge in [0.1, 0.15) is 23.7 Å². The highest BCUT2D eigenvalue weighted by Crippen LogP contribution is 2.56. The van der Waals surface area contributed by atoms with Crippen LogP contribution in [-0.2, 0) is 38.9 Å². The summed E-state index contributed by atoms with van der Waals surface area (Å²) in [6.07, 6.45) is 3.82. The van der Waals surface area contributed by atoms with Crippen molar-refractivity contribution in [2.24, 2.45) is 5.41 Å². The lowest BCUT2D eigenvalue weighted by Crippen LogP contribution is -2.32. The standard InChI is InChI=1S/C23H28O5.C15H14O3.C8H14O3/c1-6-10-17(24)27-21-16-13-9-8-12-15(16)20-19(23(4,5)14(3)26-20)22(21)28-18(25)11-7-2;1-8-15(2,3)11-13(17)12(16)9-6-4-5-7-10(9)14(11)18-8;1-3-5-7(9)11-8(10)6-4-2/h8-9,12-14H,6-7,10-11H2,1-5H3;4-8H,1-3H3;3-6H2,1-2H3. The van der Waals surface area contributed by atoms with Crippen LogP contribution in [0.1, 0.15) is 142 Å². The van der Waals surface area contributed by atoms with Gasteiger partial charge in [-0.3, -0.25) is 28.8 Å². The van der Waals surface area contributed by atoms with Gasteiger partial charge in [0.05, 0.1) is 11.1 Å². The number of ether oxygens (including phenoxy) is 5. The summed E-state index contributed by atoms with van der Waals surface area (Å²) in [6.45, 7) is 19.5. The Hall–Kier alpha value is -5.32. The van der Waals surface area contributed by atoms with Gasteiger partial charge in [0.2, 0.25) is 11.6 Å². The quantitative estimate of drug-likeness (QED) is 0.0837. The molecule has 11 heteroatoms. The molecular weight excluding hydrogens is 728 g/mol. The molecule has 0 saturated heterocycles. The Morgan fingerprint density at radius 2 is 1.04 bits per heavy atom. The third-order valence-electron chi connectivity index (χ3n) is 10.5. The van der Waals surface area contributed by atoms with Gasteiger partial charge in [-0.25, -0.2) is 0 Å². The normalized spacial score (nSPS) is 18.0. The molecule has 3 aromatic rings. The van der Waals surface area contributed by atoms with Crippen LogP contribution in [0.5, 0.6) is 17.2 Å². The van der Waals surface area contributed by atoms with Gasteiger partial charge in [0.15, 0.2) is 11.5 Å². The monoisotopic (exact) mass is 784 g/mol. The third-order valence-corrected chi connectivity index (χ3v) is 10.5. The Morgan fingerprint density at radius 3 is 1.58 bits per heavy atom. The summed E-state index contributed by atoms with van der Waals surface area (Å²) in [5.74, 6) is -0.442. The third kappa shape index (κ3) is 9.46. The second-order valence-corrected chi connectivity index (χ2v) is 15.6. The number of benzene rings is 3. The molecule has 2 heterocycles. The van der Waals surface area contributed by atoms with E-state index in [0.29, 0.717) is 78.1 Å². The van der Waals surface area contributed by atoms with Crippen molar-refractivity contribution >= 4 is 52.0 Å². The second-order valence-electron chi connectivity index (χ2n) is 15.6. The first kappa shape index (κ1) is 44.4. The maximum Gasteiger partial charge on any atom is 0.313 e. The summed E-state index contributed by atoms with van der Waals surface area (Å²) in [5.41, 5.74) is 1.67. The number of esters is 4. The summed E-state index contributed by atoms with van der Waals surface area (Å²) < 4.78 is 28.0. The summed E-state index contributed by atoms with van der Waals surface area (Å²) >= 11 is 0.